The van der Waals surface area contributed by atoms with Crippen molar-refractivity contribution in [3.05, 3.63) is 12.7 Å². The van der Waals surface area contributed by atoms with Crippen molar-refractivity contribution >= 4 is 17.0 Å². The van der Waals surface area contributed by atoms with Gasteiger partial charge in [0.1, 0.15) is 11.8 Å². The molecule has 0 radical (unpaired) electrons. The van der Waals surface area contributed by atoms with Gasteiger partial charge in [-0.15, -0.1) is 0 Å². The van der Waals surface area contributed by atoms with E-state index in [1.54, 1.807) is 6.33 Å². The molecule has 0 saturated carbocycles. The van der Waals surface area contributed by atoms with Crippen LogP contribution < -0.4 is 5.73 Å². The van der Waals surface area contributed by atoms with Gasteiger partial charge in [-0.3, -0.25) is 0 Å². The minimum atomic E-state index is 0.198. The van der Waals surface area contributed by atoms with Gasteiger partial charge < -0.3 is 15.2 Å². The maximum absolute atomic E-state index is 5.77. The fourth-order valence-corrected chi connectivity index (χ4v) is 1.88. The third-order valence-corrected chi connectivity index (χ3v) is 3.47. The number of nitrogens with two attached hydrogens (primary N) is 1. The van der Waals surface area contributed by atoms with Gasteiger partial charge in [0.25, 0.3) is 0 Å². The molecule has 0 aliphatic heterocycles. The van der Waals surface area contributed by atoms with E-state index in [4.69, 9.17) is 5.73 Å². The highest BCUT2D eigenvalue weighted by Gasteiger charge is 2.16. The highest BCUT2D eigenvalue weighted by molar-refractivity contribution is 5.80. The molecular weight excluding hydrogens is 240 g/mol. The summed E-state index contributed by atoms with van der Waals surface area (Å²) < 4.78 is 2.03. The Balaban J connectivity index is 2.01. The van der Waals surface area contributed by atoms with E-state index in [-0.39, 0.29) is 5.54 Å². The van der Waals surface area contributed by atoms with E-state index in [2.05, 4.69) is 47.7 Å². The van der Waals surface area contributed by atoms with Gasteiger partial charge in [-0.1, -0.05) is 0 Å². The van der Waals surface area contributed by atoms with Crippen LogP contribution in [0.2, 0.25) is 0 Å². The molecule has 0 fully saturated rings. The van der Waals surface area contributed by atoms with E-state index in [0.717, 1.165) is 25.2 Å². The van der Waals surface area contributed by atoms with E-state index < -0.39 is 0 Å². The maximum Gasteiger partial charge on any atom is 0.165 e. The summed E-state index contributed by atoms with van der Waals surface area (Å²) in [5, 5.41) is 0. The van der Waals surface area contributed by atoms with Crippen molar-refractivity contribution in [2.24, 2.45) is 0 Å². The summed E-state index contributed by atoms with van der Waals surface area (Å²) in [4.78, 5) is 14.8. The number of nitrogen functional groups attached to an aromatic ring is 1. The first-order valence-electron chi connectivity index (χ1n) is 6.52. The minimum absolute atomic E-state index is 0.198. The Morgan fingerprint density at radius 3 is 2.68 bits per heavy atom. The molecule has 2 aromatic heterocycles. The molecule has 6 heteroatoms. The van der Waals surface area contributed by atoms with Crippen LogP contribution in [0.25, 0.3) is 11.2 Å². The second kappa shape index (κ2) is 5.13. The molecule has 0 amide bonds. The first-order valence-corrected chi connectivity index (χ1v) is 6.52. The zero-order valence-corrected chi connectivity index (χ0v) is 12.1. The predicted octanol–water partition coefficient (Wildman–Crippen LogP) is 1.53. The highest BCUT2D eigenvalue weighted by Crippen LogP contribution is 2.15. The van der Waals surface area contributed by atoms with Gasteiger partial charge in [0.05, 0.1) is 6.33 Å². The van der Waals surface area contributed by atoms with E-state index >= 15 is 0 Å². The molecule has 2 N–H and O–H groups in total. The lowest BCUT2D eigenvalue weighted by atomic mass is 10.1. The van der Waals surface area contributed by atoms with Crippen molar-refractivity contribution in [1.82, 2.24) is 24.4 Å². The quantitative estimate of drug-likeness (QED) is 0.904. The number of anilines is 1. The lowest BCUT2D eigenvalue weighted by molar-refractivity contribution is 0.171. The molecule has 0 aliphatic carbocycles. The number of hydrogen-bond acceptors (Lipinski definition) is 5. The lowest BCUT2D eigenvalue weighted by Crippen LogP contribution is -2.38. The Hall–Kier alpha value is -1.69. The third-order valence-electron chi connectivity index (χ3n) is 3.47. The van der Waals surface area contributed by atoms with Crippen molar-refractivity contribution in [1.29, 1.82) is 0 Å². The molecule has 0 bridgehead atoms. The number of imidazole rings is 1. The molecule has 0 aromatic carbocycles. The normalized spacial score (nSPS) is 12.5. The lowest BCUT2D eigenvalue weighted by Gasteiger charge is -2.31. The molecule has 0 aliphatic rings. The van der Waals surface area contributed by atoms with Crippen LogP contribution in [-0.2, 0) is 6.54 Å². The number of aromatic nitrogens is 4. The minimum Gasteiger partial charge on any atom is -0.382 e. The SMILES string of the molecule is CN(CCCn1cnc2c(N)ncnc21)C(C)(C)C. The number of aryl methyl sites for hydroxylation is 1. The Morgan fingerprint density at radius 1 is 1.26 bits per heavy atom. The van der Waals surface area contributed by atoms with Crippen LogP contribution in [0.1, 0.15) is 27.2 Å². The van der Waals surface area contributed by atoms with Crippen molar-refractivity contribution < 1.29 is 0 Å². The van der Waals surface area contributed by atoms with E-state index in [1.807, 2.05) is 4.57 Å². The summed E-state index contributed by atoms with van der Waals surface area (Å²) in [6.45, 7) is 8.56. The van der Waals surface area contributed by atoms with Gasteiger partial charge in [-0.2, -0.15) is 0 Å². The number of hydrogen-bond donors (Lipinski definition) is 1. The van der Waals surface area contributed by atoms with Gasteiger partial charge >= 0.3 is 0 Å². The molecule has 0 spiro atoms. The second-order valence-corrected chi connectivity index (χ2v) is 5.82. The fraction of sp³-hybridized carbons (Fsp3) is 0.615. The molecular formula is C13H22N6. The van der Waals surface area contributed by atoms with Crippen LogP contribution in [0.4, 0.5) is 5.82 Å². The van der Waals surface area contributed by atoms with Gasteiger partial charge in [-0.05, 0) is 34.2 Å². The Morgan fingerprint density at radius 2 is 2.00 bits per heavy atom. The maximum atomic E-state index is 5.77. The second-order valence-electron chi connectivity index (χ2n) is 5.82. The molecule has 2 aromatic rings. The third kappa shape index (κ3) is 3.01. The Kier molecular flexibility index (Phi) is 3.71. The highest BCUT2D eigenvalue weighted by atomic mass is 15.2. The summed E-state index contributed by atoms with van der Waals surface area (Å²) in [5.41, 5.74) is 7.46. The van der Waals surface area contributed by atoms with Crippen LogP contribution in [0.15, 0.2) is 12.7 Å². The first kappa shape index (κ1) is 13.7. The summed E-state index contributed by atoms with van der Waals surface area (Å²) in [7, 11) is 2.15. The van der Waals surface area contributed by atoms with Crippen LogP contribution in [-0.4, -0.2) is 43.6 Å². The molecule has 0 saturated heterocycles. The first-order chi connectivity index (χ1) is 8.89. The smallest absolute Gasteiger partial charge is 0.165 e. The summed E-state index contributed by atoms with van der Waals surface area (Å²) >= 11 is 0. The summed E-state index contributed by atoms with van der Waals surface area (Å²) in [6, 6.07) is 0. The molecule has 6 nitrogen and oxygen atoms in total. The summed E-state index contributed by atoms with van der Waals surface area (Å²) in [5.74, 6) is 0.440. The van der Waals surface area contributed by atoms with E-state index in [0.29, 0.717) is 11.3 Å². The molecule has 0 unspecified atom stereocenters. The standard InChI is InChI=1S/C13H22N6/c1-13(2,3)18(4)6-5-7-19-9-17-10-11(14)15-8-16-12(10)19/h8-9H,5-7H2,1-4H3,(H2,14,15,16). The number of rotatable bonds is 4. The van der Waals surface area contributed by atoms with Crippen molar-refractivity contribution in [2.75, 3.05) is 19.3 Å². The molecule has 104 valence electrons. The monoisotopic (exact) mass is 262 g/mol. The largest absolute Gasteiger partial charge is 0.382 e. The van der Waals surface area contributed by atoms with Gasteiger partial charge in [0.15, 0.2) is 11.5 Å². The van der Waals surface area contributed by atoms with Gasteiger partial charge in [-0.25, -0.2) is 15.0 Å². The Bertz CT molecular complexity index is 554. The van der Waals surface area contributed by atoms with Crippen molar-refractivity contribution in [3.8, 4) is 0 Å². The zero-order chi connectivity index (χ0) is 14.0. The van der Waals surface area contributed by atoms with Crippen molar-refractivity contribution in [3.63, 3.8) is 0 Å². The average molecular weight is 262 g/mol. The van der Waals surface area contributed by atoms with E-state index in [1.165, 1.54) is 6.33 Å². The Labute approximate surface area is 113 Å². The molecule has 0 atom stereocenters. The fourth-order valence-electron chi connectivity index (χ4n) is 1.88. The van der Waals surface area contributed by atoms with Crippen LogP contribution in [0, 0.1) is 0 Å². The van der Waals surface area contributed by atoms with Gasteiger partial charge in [0, 0.05) is 18.6 Å². The number of fused-ring (bicyclic) bond motifs is 1. The van der Waals surface area contributed by atoms with Crippen LogP contribution in [0.3, 0.4) is 0 Å². The topological polar surface area (TPSA) is 72.9 Å². The van der Waals surface area contributed by atoms with Crippen LogP contribution in [0.5, 0.6) is 0 Å². The van der Waals surface area contributed by atoms with E-state index in [9.17, 15) is 0 Å². The number of nitrogens with zero attached hydrogens (tertiary/aromatic N) is 5. The van der Waals surface area contributed by atoms with Crippen molar-refractivity contribution in [2.45, 2.75) is 39.3 Å². The predicted molar refractivity (Wildman–Crippen MR) is 76.7 cm³/mol. The zero-order valence-electron chi connectivity index (χ0n) is 12.1. The molecule has 2 heterocycles. The van der Waals surface area contributed by atoms with Crippen LogP contribution >= 0.6 is 0 Å². The van der Waals surface area contributed by atoms with Gasteiger partial charge in [0.2, 0.25) is 0 Å². The molecule has 2 rings (SSSR count). The molecule has 19 heavy (non-hydrogen) atoms. The average Bonchev–Trinajstić information content (AvgIpc) is 2.73. The summed E-state index contributed by atoms with van der Waals surface area (Å²) in [6.07, 6.45) is 4.31.